The van der Waals surface area contributed by atoms with Crippen molar-refractivity contribution in [1.82, 2.24) is 10.3 Å². The highest BCUT2D eigenvalue weighted by Crippen LogP contribution is 2.17. The molecule has 0 bridgehead atoms. The van der Waals surface area contributed by atoms with Gasteiger partial charge in [0, 0.05) is 15.7 Å². The SMILES string of the molecule is CC(NC(=O)COC(=O)c1cc(Br)c[nH]1)c1cccc(Cl)c1. The Kier molecular flexibility index (Phi) is 5.63. The van der Waals surface area contributed by atoms with E-state index in [1.54, 1.807) is 24.4 Å². The first-order chi connectivity index (χ1) is 10.5. The van der Waals surface area contributed by atoms with E-state index in [4.69, 9.17) is 16.3 Å². The van der Waals surface area contributed by atoms with E-state index >= 15 is 0 Å². The van der Waals surface area contributed by atoms with Crippen LogP contribution in [0.15, 0.2) is 41.0 Å². The number of aromatic nitrogens is 1. The summed E-state index contributed by atoms with van der Waals surface area (Å²) in [7, 11) is 0. The van der Waals surface area contributed by atoms with Crippen LogP contribution in [0, 0.1) is 0 Å². The molecule has 1 unspecified atom stereocenters. The van der Waals surface area contributed by atoms with Crippen LogP contribution in [0.1, 0.15) is 29.0 Å². The molecule has 1 aromatic carbocycles. The van der Waals surface area contributed by atoms with Gasteiger partial charge >= 0.3 is 5.97 Å². The van der Waals surface area contributed by atoms with E-state index in [1.807, 2.05) is 19.1 Å². The molecular weight excluding hydrogens is 372 g/mol. The maximum absolute atomic E-state index is 11.8. The van der Waals surface area contributed by atoms with Gasteiger partial charge in [-0.2, -0.15) is 0 Å². The van der Waals surface area contributed by atoms with E-state index in [1.165, 1.54) is 0 Å². The van der Waals surface area contributed by atoms with Crippen molar-refractivity contribution in [3.8, 4) is 0 Å². The molecule has 2 aromatic rings. The van der Waals surface area contributed by atoms with Crippen LogP contribution in [0.3, 0.4) is 0 Å². The number of carbonyl (C=O) groups excluding carboxylic acids is 2. The Bertz CT molecular complexity index is 687. The minimum Gasteiger partial charge on any atom is -0.451 e. The minimum atomic E-state index is -0.587. The molecule has 0 fully saturated rings. The number of ether oxygens (including phenoxy) is 1. The summed E-state index contributed by atoms with van der Waals surface area (Å²) in [4.78, 5) is 26.2. The summed E-state index contributed by atoms with van der Waals surface area (Å²) in [5, 5.41) is 3.34. The van der Waals surface area contributed by atoms with Crippen LogP contribution in [0.5, 0.6) is 0 Å². The third kappa shape index (κ3) is 4.61. The largest absolute Gasteiger partial charge is 0.451 e. The average Bonchev–Trinajstić information content (AvgIpc) is 2.91. The van der Waals surface area contributed by atoms with Crippen molar-refractivity contribution in [2.75, 3.05) is 6.61 Å². The molecule has 2 rings (SSSR count). The van der Waals surface area contributed by atoms with Crippen molar-refractivity contribution in [3.05, 3.63) is 57.3 Å². The Morgan fingerprint density at radius 3 is 2.82 bits per heavy atom. The van der Waals surface area contributed by atoms with Gasteiger partial charge in [-0.25, -0.2) is 4.79 Å². The second-order valence-corrected chi connectivity index (χ2v) is 6.00. The summed E-state index contributed by atoms with van der Waals surface area (Å²) in [5.74, 6) is -0.970. The minimum absolute atomic E-state index is 0.232. The summed E-state index contributed by atoms with van der Waals surface area (Å²) < 4.78 is 5.67. The number of rotatable bonds is 5. The molecule has 2 N–H and O–H groups in total. The molecule has 22 heavy (non-hydrogen) atoms. The zero-order valence-electron chi connectivity index (χ0n) is 11.7. The summed E-state index contributed by atoms with van der Waals surface area (Å²) >= 11 is 9.12. The number of carbonyl (C=O) groups is 2. The van der Waals surface area contributed by atoms with Gasteiger partial charge < -0.3 is 15.0 Å². The third-order valence-corrected chi connectivity index (χ3v) is 3.62. The number of aromatic amines is 1. The first kappa shape index (κ1) is 16.6. The second kappa shape index (κ2) is 7.47. The fourth-order valence-electron chi connectivity index (χ4n) is 1.84. The lowest BCUT2D eigenvalue weighted by atomic mass is 10.1. The summed E-state index contributed by atoms with van der Waals surface area (Å²) in [5.41, 5.74) is 1.16. The van der Waals surface area contributed by atoms with E-state index in [-0.39, 0.29) is 24.2 Å². The van der Waals surface area contributed by atoms with Gasteiger partial charge in [-0.3, -0.25) is 4.79 Å². The van der Waals surface area contributed by atoms with Crippen molar-refractivity contribution in [3.63, 3.8) is 0 Å². The van der Waals surface area contributed by atoms with Gasteiger partial charge in [0.2, 0.25) is 0 Å². The monoisotopic (exact) mass is 384 g/mol. The van der Waals surface area contributed by atoms with E-state index in [0.717, 1.165) is 10.0 Å². The molecule has 0 saturated carbocycles. The van der Waals surface area contributed by atoms with Crippen molar-refractivity contribution in [2.24, 2.45) is 0 Å². The summed E-state index contributed by atoms with van der Waals surface area (Å²) in [6.45, 7) is 1.48. The standard InChI is InChI=1S/C15H14BrClN2O3/c1-9(10-3-2-4-12(17)5-10)19-14(20)8-22-15(21)13-6-11(16)7-18-13/h2-7,9,18H,8H2,1H3,(H,19,20). The Hall–Kier alpha value is -1.79. The molecular formula is C15H14BrClN2O3. The summed E-state index contributed by atoms with van der Waals surface area (Å²) in [6, 6.07) is 8.55. The summed E-state index contributed by atoms with van der Waals surface area (Å²) in [6.07, 6.45) is 1.61. The third-order valence-electron chi connectivity index (χ3n) is 2.93. The molecule has 0 spiro atoms. The molecule has 116 valence electrons. The number of hydrogen-bond donors (Lipinski definition) is 2. The molecule has 5 nitrogen and oxygen atoms in total. The van der Waals surface area contributed by atoms with Crippen LogP contribution in [-0.4, -0.2) is 23.5 Å². The molecule has 0 aliphatic heterocycles. The van der Waals surface area contributed by atoms with Crippen LogP contribution in [0.2, 0.25) is 5.02 Å². The van der Waals surface area contributed by atoms with Gasteiger partial charge in [-0.1, -0.05) is 23.7 Å². The van der Waals surface area contributed by atoms with E-state index in [0.29, 0.717) is 5.02 Å². The van der Waals surface area contributed by atoms with E-state index in [2.05, 4.69) is 26.2 Å². The molecule has 0 saturated heterocycles. The molecule has 0 aliphatic rings. The lowest BCUT2D eigenvalue weighted by Gasteiger charge is -2.14. The predicted molar refractivity (Wildman–Crippen MR) is 86.8 cm³/mol. The molecule has 1 amide bonds. The van der Waals surface area contributed by atoms with Crippen LogP contribution >= 0.6 is 27.5 Å². The van der Waals surface area contributed by atoms with Crippen molar-refractivity contribution >= 4 is 39.4 Å². The number of benzene rings is 1. The highest BCUT2D eigenvalue weighted by molar-refractivity contribution is 9.10. The second-order valence-electron chi connectivity index (χ2n) is 4.65. The molecule has 0 aliphatic carbocycles. The van der Waals surface area contributed by atoms with Crippen molar-refractivity contribution < 1.29 is 14.3 Å². The molecule has 0 radical (unpaired) electrons. The molecule has 7 heteroatoms. The van der Waals surface area contributed by atoms with Crippen LogP contribution in [0.25, 0.3) is 0 Å². The first-order valence-corrected chi connectivity index (χ1v) is 7.68. The number of H-pyrrole nitrogens is 1. The average molecular weight is 386 g/mol. The van der Waals surface area contributed by atoms with Crippen LogP contribution < -0.4 is 5.32 Å². The fourth-order valence-corrected chi connectivity index (χ4v) is 2.38. The normalized spacial score (nSPS) is 11.8. The number of esters is 1. The maximum Gasteiger partial charge on any atom is 0.355 e. The predicted octanol–water partition coefficient (Wildman–Crippen LogP) is 3.46. The Morgan fingerprint density at radius 2 is 2.18 bits per heavy atom. The zero-order valence-corrected chi connectivity index (χ0v) is 14.1. The number of nitrogens with one attached hydrogen (secondary N) is 2. The lowest BCUT2D eigenvalue weighted by molar-refractivity contribution is -0.124. The van der Waals surface area contributed by atoms with Gasteiger partial charge in [0.05, 0.1) is 6.04 Å². The van der Waals surface area contributed by atoms with Gasteiger partial charge in [-0.15, -0.1) is 0 Å². The molecule has 1 heterocycles. The molecule has 1 aromatic heterocycles. The number of hydrogen-bond acceptors (Lipinski definition) is 3. The lowest BCUT2D eigenvalue weighted by Crippen LogP contribution is -2.31. The van der Waals surface area contributed by atoms with Crippen LogP contribution in [0.4, 0.5) is 0 Å². The zero-order chi connectivity index (χ0) is 16.1. The first-order valence-electron chi connectivity index (χ1n) is 6.51. The molecule has 1 atom stereocenters. The smallest absolute Gasteiger partial charge is 0.355 e. The van der Waals surface area contributed by atoms with Crippen molar-refractivity contribution in [2.45, 2.75) is 13.0 Å². The van der Waals surface area contributed by atoms with Gasteiger partial charge in [0.25, 0.3) is 5.91 Å². The Morgan fingerprint density at radius 1 is 1.41 bits per heavy atom. The fraction of sp³-hybridized carbons (Fsp3) is 0.200. The van der Waals surface area contributed by atoms with Crippen LogP contribution in [-0.2, 0) is 9.53 Å². The van der Waals surface area contributed by atoms with Gasteiger partial charge in [0.15, 0.2) is 6.61 Å². The van der Waals surface area contributed by atoms with E-state index in [9.17, 15) is 9.59 Å². The topological polar surface area (TPSA) is 71.2 Å². The van der Waals surface area contributed by atoms with E-state index < -0.39 is 5.97 Å². The highest BCUT2D eigenvalue weighted by Gasteiger charge is 2.14. The van der Waals surface area contributed by atoms with Gasteiger partial charge in [0.1, 0.15) is 5.69 Å². The maximum atomic E-state index is 11.8. The Labute approximate surface area is 141 Å². The van der Waals surface area contributed by atoms with Crippen molar-refractivity contribution in [1.29, 1.82) is 0 Å². The number of amides is 1. The Balaban J connectivity index is 1.84. The quantitative estimate of drug-likeness (QED) is 0.774. The number of halogens is 2. The highest BCUT2D eigenvalue weighted by atomic mass is 79.9. The van der Waals surface area contributed by atoms with Gasteiger partial charge in [-0.05, 0) is 46.6 Å².